The van der Waals surface area contributed by atoms with E-state index in [1.807, 2.05) is 7.05 Å². The Bertz CT molecular complexity index is 629. The summed E-state index contributed by atoms with van der Waals surface area (Å²) in [6, 6.07) is 10.0. The Morgan fingerprint density at radius 1 is 1.09 bits per heavy atom. The molecule has 2 rings (SSSR count). The summed E-state index contributed by atoms with van der Waals surface area (Å²) in [5.41, 5.74) is 1.05. The minimum absolute atomic E-state index is 0. The summed E-state index contributed by atoms with van der Waals surface area (Å²) in [5, 5.41) is 8.54. The van der Waals surface area contributed by atoms with Crippen LogP contribution in [0.1, 0.15) is 27.3 Å². The molecule has 0 bridgehead atoms. The molecule has 2 amide bonds. The van der Waals surface area contributed by atoms with E-state index in [1.165, 1.54) is 6.26 Å². The maximum Gasteiger partial charge on any atom is 0.291 e. The predicted octanol–water partition coefficient (Wildman–Crippen LogP) is 2.29. The number of nitrogens with one attached hydrogen (secondary N) is 3. The van der Waals surface area contributed by atoms with Crippen LogP contribution in [0, 0.1) is 0 Å². The van der Waals surface area contributed by atoms with Crippen LogP contribution < -0.4 is 16.0 Å². The molecule has 1 aromatic carbocycles. The summed E-state index contributed by atoms with van der Waals surface area (Å²) >= 11 is 0. The highest BCUT2D eigenvalue weighted by atomic mass is 35.5. The largest absolute Gasteiger partial charge is 0.459 e. The highest BCUT2D eigenvalue weighted by Crippen LogP contribution is 2.12. The van der Waals surface area contributed by atoms with Crippen molar-refractivity contribution in [3.63, 3.8) is 0 Å². The van der Waals surface area contributed by atoms with Gasteiger partial charge in [-0.1, -0.05) is 6.07 Å². The molecule has 0 aliphatic carbocycles. The molecule has 0 radical (unpaired) electrons. The Morgan fingerprint density at radius 2 is 1.91 bits per heavy atom. The average molecular weight is 338 g/mol. The van der Waals surface area contributed by atoms with Crippen molar-refractivity contribution in [2.45, 2.75) is 6.42 Å². The number of rotatable bonds is 7. The van der Waals surface area contributed by atoms with Gasteiger partial charge in [0.1, 0.15) is 0 Å². The lowest BCUT2D eigenvalue weighted by molar-refractivity contribution is 0.0951. The molecule has 7 heteroatoms. The van der Waals surface area contributed by atoms with E-state index in [9.17, 15) is 9.59 Å². The monoisotopic (exact) mass is 337 g/mol. The molecule has 0 spiro atoms. The standard InChI is InChI=1S/C16H19N3O3.ClH/c1-17-8-4-9-18-15(20)12-5-2-6-13(11-12)19-16(21)14-7-3-10-22-14;/h2-3,5-7,10-11,17H,4,8-9H2,1H3,(H,18,20)(H,19,21);1H. The second-order valence-corrected chi connectivity index (χ2v) is 4.73. The van der Waals surface area contributed by atoms with Gasteiger partial charge in [0.15, 0.2) is 5.76 Å². The van der Waals surface area contributed by atoms with Crippen molar-refractivity contribution < 1.29 is 14.0 Å². The predicted molar refractivity (Wildman–Crippen MR) is 91.2 cm³/mol. The van der Waals surface area contributed by atoms with Crippen molar-refractivity contribution in [1.29, 1.82) is 0 Å². The Hall–Kier alpha value is -2.31. The first-order valence-corrected chi connectivity index (χ1v) is 7.08. The minimum atomic E-state index is -0.350. The van der Waals surface area contributed by atoms with Gasteiger partial charge in [-0.15, -0.1) is 12.4 Å². The Labute approximate surface area is 141 Å². The quantitative estimate of drug-likeness (QED) is 0.677. The van der Waals surface area contributed by atoms with Gasteiger partial charge in [0, 0.05) is 17.8 Å². The second-order valence-electron chi connectivity index (χ2n) is 4.73. The van der Waals surface area contributed by atoms with Crippen LogP contribution in [0.4, 0.5) is 5.69 Å². The molecule has 0 fully saturated rings. The van der Waals surface area contributed by atoms with E-state index < -0.39 is 0 Å². The van der Waals surface area contributed by atoms with Gasteiger partial charge in [-0.2, -0.15) is 0 Å². The van der Waals surface area contributed by atoms with E-state index in [4.69, 9.17) is 4.42 Å². The van der Waals surface area contributed by atoms with Crippen molar-refractivity contribution in [2.75, 3.05) is 25.5 Å². The second kappa shape index (κ2) is 9.66. The number of hydrogen-bond donors (Lipinski definition) is 3. The summed E-state index contributed by atoms with van der Waals surface area (Å²) in [4.78, 5) is 23.9. The minimum Gasteiger partial charge on any atom is -0.459 e. The topological polar surface area (TPSA) is 83.4 Å². The lowest BCUT2D eigenvalue weighted by Crippen LogP contribution is -2.26. The molecule has 0 aliphatic rings. The van der Waals surface area contributed by atoms with E-state index in [-0.39, 0.29) is 30.0 Å². The van der Waals surface area contributed by atoms with Gasteiger partial charge in [0.25, 0.3) is 11.8 Å². The molecule has 0 unspecified atom stereocenters. The molecule has 23 heavy (non-hydrogen) atoms. The van der Waals surface area contributed by atoms with Crippen molar-refractivity contribution in [3.05, 3.63) is 54.0 Å². The molecule has 0 aliphatic heterocycles. The molecule has 0 saturated heterocycles. The normalized spacial score (nSPS) is 9.78. The summed E-state index contributed by atoms with van der Waals surface area (Å²) in [5.74, 6) is -0.288. The highest BCUT2D eigenvalue weighted by Gasteiger charge is 2.10. The first-order valence-electron chi connectivity index (χ1n) is 7.08. The molecular formula is C16H20ClN3O3. The lowest BCUT2D eigenvalue weighted by Gasteiger charge is -2.07. The maximum absolute atomic E-state index is 12.0. The van der Waals surface area contributed by atoms with Crippen molar-refractivity contribution in [1.82, 2.24) is 10.6 Å². The summed E-state index contributed by atoms with van der Waals surface area (Å²) in [6.45, 7) is 1.45. The molecule has 1 heterocycles. The molecule has 3 N–H and O–H groups in total. The zero-order valence-corrected chi connectivity index (χ0v) is 13.6. The van der Waals surface area contributed by atoms with Crippen LogP contribution in [0.5, 0.6) is 0 Å². The van der Waals surface area contributed by atoms with Crippen LogP contribution in [0.2, 0.25) is 0 Å². The fourth-order valence-corrected chi connectivity index (χ4v) is 1.91. The molecule has 0 atom stereocenters. The first-order chi connectivity index (χ1) is 10.7. The van der Waals surface area contributed by atoms with Crippen LogP contribution >= 0.6 is 12.4 Å². The molecular weight excluding hydrogens is 318 g/mol. The van der Waals surface area contributed by atoms with E-state index in [0.29, 0.717) is 17.8 Å². The van der Waals surface area contributed by atoms with Crippen molar-refractivity contribution >= 4 is 29.9 Å². The van der Waals surface area contributed by atoms with Gasteiger partial charge in [0.2, 0.25) is 0 Å². The fraction of sp³-hybridized carbons (Fsp3) is 0.250. The highest BCUT2D eigenvalue weighted by molar-refractivity contribution is 6.03. The van der Waals surface area contributed by atoms with Gasteiger partial charge in [-0.05, 0) is 50.3 Å². The van der Waals surface area contributed by atoms with Crippen LogP contribution in [0.15, 0.2) is 47.1 Å². The molecule has 2 aromatic rings. The lowest BCUT2D eigenvalue weighted by atomic mass is 10.2. The molecule has 6 nitrogen and oxygen atoms in total. The summed E-state index contributed by atoms with van der Waals surface area (Å²) < 4.78 is 5.02. The Balaban J connectivity index is 0.00000264. The van der Waals surface area contributed by atoms with Gasteiger partial charge < -0.3 is 20.4 Å². The number of amides is 2. The van der Waals surface area contributed by atoms with Crippen molar-refractivity contribution in [2.24, 2.45) is 0 Å². The number of carbonyl (C=O) groups excluding carboxylic acids is 2. The fourth-order valence-electron chi connectivity index (χ4n) is 1.91. The SMILES string of the molecule is CNCCCNC(=O)c1cccc(NC(=O)c2ccco2)c1.Cl. The van der Waals surface area contributed by atoms with Gasteiger partial charge in [0.05, 0.1) is 6.26 Å². The van der Waals surface area contributed by atoms with E-state index >= 15 is 0 Å². The third kappa shape index (κ3) is 5.77. The number of halogens is 1. The van der Waals surface area contributed by atoms with Gasteiger partial charge in [-0.25, -0.2) is 0 Å². The summed E-state index contributed by atoms with van der Waals surface area (Å²) in [6.07, 6.45) is 2.29. The Kier molecular flexibility index (Phi) is 7.87. The van der Waals surface area contributed by atoms with Crippen LogP contribution in [-0.4, -0.2) is 32.0 Å². The first kappa shape index (κ1) is 18.7. The number of furan rings is 1. The third-order valence-corrected chi connectivity index (χ3v) is 3.02. The zero-order chi connectivity index (χ0) is 15.8. The van der Waals surface area contributed by atoms with Gasteiger partial charge in [-0.3, -0.25) is 9.59 Å². The molecule has 1 aromatic heterocycles. The smallest absolute Gasteiger partial charge is 0.291 e. The van der Waals surface area contributed by atoms with E-state index in [0.717, 1.165) is 13.0 Å². The number of hydrogen-bond acceptors (Lipinski definition) is 4. The van der Waals surface area contributed by atoms with Crippen LogP contribution in [0.25, 0.3) is 0 Å². The number of carbonyl (C=O) groups is 2. The third-order valence-electron chi connectivity index (χ3n) is 3.02. The molecule has 0 saturated carbocycles. The number of benzene rings is 1. The van der Waals surface area contributed by atoms with Crippen LogP contribution in [-0.2, 0) is 0 Å². The Morgan fingerprint density at radius 3 is 2.61 bits per heavy atom. The van der Waals surface area contributed by atoms with Crippen molar-refractivity contribution in [3.8, 4) is 0 Å². The number of anilines is 1. The average Bonchev–Trinajstić information content (AvgIpc) is 3.06. The van der Waals surface area contributed by atoms with E-state index in [2.05, 4.69) is 16.0 Å². The summed E-state index contributed by atoms with van der Waals surface area (Å²) in [7, 11) is 1.87. The molecule has 124 valence electrons. The zero-order valence-electron chi connectivity index (χ0n) is 12.8. The van der Waals surface area contributed by atoms with Crippen LogP contribution in [0.3, 0.4) is 0 Å². The maximum atomic E-state index is 12.0. The van der Waals surface area contributed by atoms with Gasteiger partial charge >= 0.3 is 0 Å². The van der Waals surface area contributed by atoms with E-state index in [1.54, 1.807) is 36.4 Å².